The van der Waals surface area contributed by atoms with E-state index in [4.69, 9.17) is 0 Å². The quantitative estimate of drug-likeness (QED) is 0.912. The zero-order valence-corrected chi connectivity index (χ0v) is 15.5. The van der Waals surface area contributed by atoms with Crippen LogP contribution in [0.3, 0.4) is 0 Å². The van der Waals surface area contributed by atoms with Crippen molar-refractivity contribution >= 4 is 5.82 Å². The highest BCUT2D eigenvalue weighted by atomic mass is 16.3. The third-order valence-electron chi connectivity index (χ3n) is 5.93. The highest BCUT2D eigenvalue weighted by Gasteiger charge is 2.46. The summed E-state index contributed by atoms with van der Waals surface area (Å²) in [6.07, 6.45) is 2.56. The van der Waals surface area contributed by atoms with Crippen molar-refractivity contribution in [3.05, 3.63) is 60.3 Å². The van der Waals surface area contributed by atoms with E-state index >= 15 is 0 Å². The van der Waals surface area contributed by atoms with Gasteiger partial charge in [-0.3, -0.25) is 4.90 Å². The number of aliphatic hydroxyl groups is 1. The van der Waals surface area contributed by atoms with Gasteiger partial charge in [-0.2, -0.15) is 0 Å². The third kappa shape index (κ3) is 3.34. The molecule has 2 fully saturated rings. The normalized spacial score (nSPS) is 28.2. The first-order chi connectivity index (χ1) is 12.7. The van der Waals surface area contributed by atoms with Gasteiger partial charge < -0.3 is 14.9 Å². The van der Waals surface area contributed by atoms with Crippen molar-refractivity contribution in [3.63, 3.8) is 0 Å². The predicted octanol–water partition coefficient (Wildman–Crippen LogP) is 1.80. The SMILES string of the molecule is CN1CCN([C@@H]2CN(c3ccccn3)CC[C@]2(O)c2ccccc2)CC1. The number of hydrogen-bond acceptors (Lipinski definition) is 5. The lowest BCUT2D eigenvalue weighted by atomic mass is 9.79. The van der Waals surface area contributed by atoms with E-state index in [0.29, 0.717) is 6.42 Å². The van der Waals surface area contributed by atoms with Crippen LogP contribution in [0.5, 0.6) is 0 Å². The summed E-state index contributed by atoms with van der Waals surface area (Å²) in [4.78, 5) is 11.7. The van der Waals surface area contributed by atoms with Crippen LogP contribution in [0.25, 0.3) is 0 Å². The summed E-state index contributed by atoms with van der Waals surface area (Å²) in [5.41, 5.74) is 0.215. The average Bonchev–Trinajstić information content (AvgIpc) is 2.70. The van der Waals surface area contributed by atoms with Gasteiger partial charge in [0.15, 0.2) is 0 Å². The first-order valence-corrected chi connectivity index (χ1v) is 9.53. The molecule has 1 aromatic carbocycles. The Bertz CT molecular complexity index is 702. The smallest absolute Gasteiger partial charge is 0.128 e. The molecule has 5 nitrogen and oxygen atoms in total. The number of likely N-dealkylation sites (N-methyl/N-ethyl adjacent to an activating group) is 1. The summed E-state index contributed by atoms with van der Waals surface area (Å²) >= 11 is 0. The van der Waals surface area contributed by atoms with Crippen LogP contribution in [0, 0.1) is 0 Å². The number of piperidine rings is 1. The molecular formula is C21H28N4O. The third-order valence-corrected chi connectivity index (χ3v) is 5.93. The lowest BCUT2D eigenvalue weighted by molar-refractivity contribution is -0.0757. The number of benzene rings is 1. The highest BCUT2D eigenvalue weighted by molar-refractivity contribution is 5.41. The number of nitrogens with zero attached hydrogens (tertiary/aromatic N) is 4. The molecule has 0 amide bonds. The van der Waals surface area contributed by atoms with Gasteiger partial charge in [-0.05, 0) is 31.2 Å². The number of pyridine rings is 1. The second-order valence-corrected chi connectivity index (χ2v) is 7.53. The number of rotatable bonds is 3. The van der Waals surface area contributed by atoms with E-state index in [-0.39, 0.29) is 6.04 Å². The monoisotopic (exact) mass is 352 g/mol. The maximum Gasteiger partial charge on any atom is 0.128 e. The Morgan fingerprint density at radius 2 is 1.69 bits per heavy atom. The Hall–Kier alpha value is -1.95. The summed E-state index contributed by atoms with van der Waals surface area (Å²) in [6.45, 7) is 5.69. The Balaban J connectivity index is 1.64. The Morgan fingerprint density at radius 1 is 0.962 bits per heavy atom. The van der Waals surface area contributed by atoms with E-state index < -0.39 is 5.60 Å². The zero-order valence-electron chi connectivity index (χ0n) is 15.5. The fourth-order valence-corrected chi connectivity index (χ4v) is 4.29. The minimum atomic E-state index is -0.817. The standard InChI is InChI=1S/C21H28N4O/c1-23-13-15-24(16-14-23)19-17-25(20-9-5-6-11-22-20)12-10-21(19,26)18-7-3-2-4-8-18/h2-9,11,19,26H,10,12-17H2,1H3/t19-,21+/m1/s1. The minimum Gasteiger partial charge on any atom is -0.383 e. The van der Waals surface area contributed by atoms with Gasteiger partial charge in [0.25, 0.3) is 0 Å². The molecule has 0 unspecified atom stereocenters. The van der Waals surface area contributed by atoms with Crippen molar-refractivity contribution in [2.75, 3.05) is 51.2 Å². The number of aromatic nitrogens is 1. The van der Waals surface area contributed by atoms with Gasteiger partial charge in [-0.15, -0.1) is 0 Å². The van der Waals surface area contributed by atoms with Gasteiger partial charge >= 0.3 is 0 Å². The molecular weight excluding hydrogens is 324 g/mol. The van der Waals surface area contributed by atoms with Crippen molar-refractivity contribution in [1.82, 2.24) is 14.8 Å². The van der Waals surface area contributed by atoms with E-state index in [9.17, 15) is 5.11 Å². The lowest BCUT2D eigenvalue weighted by Crippen LogP contribution is -2.63. The van der Waals surface area contributed by atoms with Crippen LogP contribution < -0.4 is 4.90 Å². The maximum atomic E-state index is 11.8. The van der Waals surface area contributed by atoms with Crippen LogP contribution >= 0.6 is 0 Å². The first-order valence-electron chi connectivity index (χ1n) is 9.53. The summed E-state index contributed by atoms with van der Waals surface area (Å²) in [5.74, 6) is 1.00. The second-order valence-electron chi connectivity index (χ2n) is 7.53. The molecule has 2 aliphatic heterocycles. The molecule has 4 rings (SSSR count). The molecule has 0 saturated carbocycles. The van der Waals surface area contributed by atoms with E-state index in [1.807, 2.05) is 36.5 Å². The Morgan fingerprint density at radius 3 is 2.38 bits per heavy atom. The minimum absolute atomic E-state index is 0.0642. The molecule has 2 atom stereocenters. The number of piperazine rings is 1. The van der Waals surface area contributed by atoms with Crippen LogP contribution in [-0.4, -0.2) is 72.2 Å². The highest BCUT2D eigenvalue weighted by Crippen LogP contribution is 2.37. The van der Waals surface area contributed by atoms with Crippen LogP contribution in [0.15, 0.2) is 54.7 Å². The van der Waals surface area contributed by atoms with Crippen LogP contribution in [0.1, 0.15) is 12.0 Å². The van der Waals surface area contributed by atoms with Crippen molar-refractivity contribution in [2.24, 2.45) is 0 Å². The summed E-state index contributed by atoms with van der Waals surface area (Å²) in [6, 6.07) is 16.3. The van der Waals surface area contributed by atoms with Crippen LogP contribution in [-0.2, 0) is 5.60 Å². The molecule has 138 valence electrons. The van der Waals surface area contributed by atoms with Crippen LogP contribution in [0.4, 0.5) is 5.82 Å². The van der Waals surface area contributed by atoms with Gasteiger partial charge in [0, 0.05) is 45.5 Å². The molecule has 2 aliphatic rings. The topological polar surface area (TPSA) is 42.8 Å². The van der Waals surface area contributed by atoms with Crippen molar-refractivity contribution in [3.8, 4) is 0 Å². The van der Waals surface area contributed by atoms with Gasteiger partial charge in [0.1, 0.15) is 11.4 Å². The average molecular weight is 352 g/mol. The molecule has 1 N–H and O–H groups in total. The molecule has 0 bridgehead atoms. The predicted molar refractivity (Wildman–Crippen MR) is 104 cm³/mol. The van der Waals surface area contributed by atoms with Gasteiger partial charge in [-0.25, -0.2) is 4.98 Å². The van der Waals surface area contributed by atoms with Crippen LogP contribution in [0.2, 0.25) is 0 Å². The molecule has 5 heteroatoms. The van der Waals surface area contributed by atoms with E-state index in [2.05, 4.69) is 44.9 Å². The molecule has 0 radical (unpaired) electrons. The summed E-state index contributed by atoms with van der Waals surface area (Å²) < 4.78 is 0. The molecule has 3 heterocycles. The van der Waals surface area contributed by atoms with E-state index in [1.54, 1.807) is 0 Å². The molecule has 26 heavy (non-hydrogen) atoms. The van der Waals surface area contributed by atoms with Gasteiger partial charge in [0.05, 0.1) is 6.04 Å². The Kier molecular flexibility index (Phi) is 4.94. The largest absolute Gasteiger partial charge is 0.383 e. The number of hydrogen-bond donors (Lipinski definition) is 1. The molecule has 0 aliphatic carbocycles. The van der Waals surface area contributed by atoms with Gasteiger partial charge in [0.2, 0.25) is 0 Å². The molecule has 1 aromatic heterocycles. The van der Waals surface area contributed by atoms with E-state index in [0.717, 1.165) is 50.6 Å². The van der Waals surface area contributed by atoms with Crippen molar-refractivity contribution in [2.45, 2.75) is 18.1 Å². The summed E-state index contributed by atoms with van der Waals surface area (Å²) in [7, 11) is 2.17. The molecule has 0 spiro atoms. The lowest BCUT2D eigenvalue weighted by Gasteiger charge is -2.51. The van der Waals surface area contributed by atoms with Gasteiger partial charge in [-0.1, -0.05) is 36.4 Å². The van der Waals surface area contributed by atoms with Crippen molar-refractivity contribution in [1.29, 1.82) is 0 Å². The maximum absolute atomic E-state index is 11.8. The fourth-order valence-electron chi connectivity index (χ4n) is 4.29. The second kappa shape index (κ2) is 7.35. The molecule has 2 aromatic rings. The number of anilines is 1. The zero-order chi connectivity index (χ0) is 18.0. The van der Waals surface area contributed by atoms with E-state index in [1.165, 1.54) is 0 Å². The Labute approximate surface area is 155 Å². The first kappa shape index (κ1) is 17.5. The molecule has 2 saturated heterocycles. The van der Waals surface area contributed by atoms with Crippen molar-refractivity contribution < 1.29 is 5.11 Å². The fraction of sp³-hybridized carbons (Fsp3) is 0.476. The summed E-state index contributed by atoms with van der Waals surface area (Å²) in [5, 5.41) is 11.8.